The zero-order valence-corrected chi connectivity index (χ0v) is 14.6. The van der Waals surface area contributed by atoms with Crippen molar-refractivity contribution in [3.05, 3.63) is 59.2 Å². The standard InChI is InChI=1S/C19H21F3N2O2/c1-12(2)26-17-6-4-3-5-14(17)9-18(25)24-16-8-13(11-23)7-15(10-16)19(20,21)22/h3-8,10,12H,9,11,23H2,1-2H3,(H,24,25). The summed E-state index contributed by atoms with van der Waals surface area (Å²) in [6.07, 6.45) is -4.59. The van der Waals surface area contributed by atoms with Gasteiger partial charge in [-0.3, -0.25) is 4.79 Å². The Hall–Kier alpha value is -2.54. The summed E-state index contributed by atoms with van der Waals surface area (Å²) in [5.74, 6) is 0.136. The van der Waals surface area contributed by atoms with E-state index in [9.17, 15) is 18.0 Å². The number of alkyl halides is 3. The van der Waals surface area contributed by atoms with Crippen LogP contribution in [0.1, 0.15) is 30.5 Å². The van der Waals surface area contributed by atoms with Crippen LogP contribution in [0.3, 0.4) is 0 Å². The van der Waals surface area contributed by atoms with E-state index < -0.39 is 17.6 Å². The lowest BCUT2D eigenvalue weighted by atomic mass is 10.1. The van der Waals surface area contributed by atoms with Gasteiger partial charge in [0, 0.05) is 17.8 Å². The van der Waals surface area contributed by atoms with Gasteiger partial charge in [0.1, 0.15) is 5.75 Å². The second kappa shape index (κ2) is 8.23. The summed E-state index contributed by atoms with van der Waals surface area (Å²) in [5, 5.41) is 2.51. The van der Waals surface area contributed by atoms with Gasteiger partial charge in [-0.05, 0) is 43.7 Å². The molecule has 26 heavy (non-hydrogen) atoms. The number of para-hydroxylation sites is 1. The van der Waals surface area contributed by atoms with Gasteiger partial charge >= 0.3 is 6.18 Å². The lowest BCUT2D eigenvalue weighted by Crippen LogP contribution is -2.17. The SMILES string of the molecule is CC(C)Oc1ccccc1CC(=O)Nc1cc(CN)cc(C(F)(F)F)c1. The van der Waals surface area contributed by atoms with Crippen molar-refractivity contribution < 1.29 is 22.7 Å². The normalized spacial score (nSPS) is 11.5. The third-order valence-electron chi connectivity index (χ3n) is 3.53. The number of hydrogen-bond donors (Lipinski definition) is 2. The monoisotopic (exact) mass is 366 g/mol. The fourth-order valence-electron chi connectivity index (χ4n) is 2.44. The number of rotatable bonds is 6. The third-order valence-corrected chi connectivity index (χ3v) is 3.53. The first-order chi connectivity index (χ1) is 12.2. The van der Waals surface area contributed by atoms with E-state index in [2.05, 4.69) is 5.32 Å². The number of benzene rings is 2. The van der Waals surface area contributed by atoms with Gasteiger partial charge in [0.25, 0.3) is 0 Å². The molecule has 140 valence electrons. The van der Waals surface area contributed by atoms with Crippen LogP contribution in [0.15, 0.2) is 42.5 Å². The van der Waals surface area contributed by atoms with E-state index in [1.54, 1.807) is 24.3 Å². The fourth-order valence-corrected chi connectivity index (χ4v) is 2.44. The lowest BCUT2D eigenvalue weighted by molar-refractivity contribution is -0.137. The largest absolute Gasteiger partial charge is 0.491 e. The predicted molar refractivity (Wildman–Crippen MR) is 93.9 cm³/mol. The van der Waals surface area contributed by atoms with Crippen LogP contribution in [0.4, 0.5) is 18.9 Å². The van der Waals surface area contributed by atoms with Gasteiger partial charge in [-0.25, -0.2) is 0 Å². The van der Waals surface area contributed by atoms with Crippen molar-refractivity contribution in [1.82, 2.24) is 0 Å². The van der Waals surface area contributed by atoms with Crippen molar-refractivity contribution in [2.24, 2.45) is 5.73 Å². The highest BCUT2D eigenvalue weighted by Gasteiger charge is 2.31. The number of carbonyl (C=O) groups is 1. The first-order valence-electron chi connectivity index (χ1n) is 8.14. The van der Waals surface area contributed by atoms with Crippen molar-refractivity contribution >= 4 is 11.6 Å². The summed E-state index contributed by atoms with van der Waals surface area (Å²) in [5.41, 5.74) is 5.62. The Morgan fingerprint density at radius 1 is 1.19 bits per heavy atom. The molecule has 0 heterocycles. The van der Waals surface area contributed by atoms with Crippen LogP contribution in [0.25, 0.3) is 0 Å². The summed E-state index contributed by atoms with van der Waals surface area (Å²) >= 11 is 0. The molecular formula is C19H21F3N2O2. The van der Waals surface area contributed by atoms with Crippen molar-refractivity contribution in [1.29, 1.82) is 0 Å². The van der Waals surface area contributed by atoms with Gasteiger partial charge in [0.15, 0.2) is 0 Å². The quantitative estimate of drug-likeness (QED) is 0.808. The molecule has 0 atom stereocenters. The zero-order chi connectivity index (χ0) is 19.3. The molecular weight excluding hydrogens is 345 g/mol. The van der Waals surface area contributed by atoms with Crippen LogP contribution >= 0.6 is 0 Å². The maximum absolute atomic E-state index is 13.0. The topological polar surface area (TPSA) is 64.3 Å². The number of nitrogens with two attached hydrogens (primary N) is 1. The van der Waals surface area contributed by atoms with Crippen molar-refractivity contribution in [3.8, 4) is 5.75 Å². The highest BCUT2D eigenvalue weighted by atomic mass is 19.4. The van der Waals surface area contributed by atoms with Gasteiger partial charge in [-0.1, -0.05) is 18.2 Å². The first-order valence-corrected chi connectivity index (χ1v) is 8.14. The zero-order valence-electron chi connectivity index (χ0n) is 14.6. The number of ether oxygens (including phenoxy) is 1. The van der Waals surface area contributed by atoms with Crippen LogP contribution in [-0.4, -0.2) is 12.0 Å². The van der Waals surface area contributed by atoms with Crippen LogP contribution in [0, 0.1) is 0 Å². The molecule has 0 aliphatic carbocycles. The highest BCUT2D eigenvalue weighted by Crippen LogP contribution is 2.32. The van der Waals surface area contributed by atoms with Crippen LogP contribution in [0.2, 0.25) is 0 Å². The highest BCUT2D eigenvalue weighted by molar-refractivity contribution is 5.92. The Bertz CT molecular complexity index is 774. The van der Waals surface area contributed by atoms with Crippen LogP contribution in [0.5, 0.6) is 5.75 Å². The molecule has 1 amide bonds. The molecule has 0 aromatic heterocycles. The molecule has 0 aliphatic heterocycles. The molecule has 0 saturated carbocycles. The van der Waals surface area contributed by atoms with E-state index in [-0.39, 0.29) is 24.8 Å². The molecule has 4 nitrogen and oxygen atoms in total. The van der Waals surface area contributed by atoms with Gasteiger partial charge in [-0.2, -0.15) is 13.2 Å². The summed E-state index contributed by atoms with van der Waals surface area (Å²) in [6, 6.07) is 10.4. The predicted octanol–water partition coefficient (Wildman–Crippen LogP) is 4.13. The molecule has 0 fully saturated rings. The minimum atomic E-state index is -4.51. The van der Waals surface area contributed by atoms with E-state index in [1.807, 2.05) is 13.8 Å². The van der Waals surface area contributed by atoms with E-state index in [0.29, 0.717) is 16.9 Å². The molecule has 0 saturated heterocycles. The minimum Gasteiger partial charge on any atom is -0.491 e. The molecule has 2 aromatic rings. The number of anilines is 1. The molecule has 0 unspecified atom stereocenters. The summed E-state index contributed by atoms with van der Waals surface area (Å²) in [4.78, 5) is 12.3. The molecule has 7 heteroatoms. The first kappa shape index (κ1) is 19.8. The number of halogens is 3. The average molecular weight is 366 g/mol. The molecule has 0 radical (unpaired) electrons. The van der Waals surface area contributed by atoms with E-state index >= 15 is 0 Å². The van der Waals surface area contributed by atoms with E-state index in [0.717, 1.165) is 12.1 Å². The van der Waals surface area contributed by atoms with Crippen molar-refractivity contribution in [2.45, 2.75) is 39.1 Å². The minimum absolute atomic E-state index is 0.0168. The lowest BCUT2D eigenvalue weighted by Gasteiger charge is -2.15. The number of amides is 1. The smallest absolute Gasteiger partial charge is 0.416 e. The number of nitrogens with one attached hydrogen (secondary N) is 1. The van der Waals surface area contributed by atoms with Crippen LogP contribution < -0.4 is 15.8 Å². The molecule has 0 aliphatic rings. The fraction of sp³-hybridized carbons (Fsp3) is 0.316. The average Bonchev–Trinajstić information content (AvgIpc) is 2.55. The molecule has 2 rings (SSSR count). The maximum Gasteiger partial charge on any atom is 0.416 e. The summed E-state index contributed by atoms with van der Waals surface area (Å²) < 4.78 is 44.6. The van der Waals surface area contributed by atoms with Crippen LogP contribution in [-0.2, 0) is 23.9 Å². The summed E-state index contributed by atoms with van der Waals surface area (Å²) in [7, 11) is 0. The maximum atomic E-state index is 13.0. The molecule has 3 N–H and O–H groups in total. The molecule has 0 spiro atoms. The van der Waals surface area contributed by atoms with Crippen molar-refractivity contribution in [3.63, 3.8) is 0 Å². The van der Waals surface area contributed by atoms with E-state index in [1.165, 1.54) is 6.07 Å². The Kier molecular flexibility index (Phi) is 6.26. The molecule has 2 aromatic carbocycles. The summed E-state index contributed by atoms with van der Waals surface area (Å²) in [6.45, 7) is 3.68. The van der Waals surface area contributed by atoms with Gasteiger partial charge in [0.2, 0.25) is 5.91 Å². The Balaban J connectivity index is 2.18. The van der Waals surface area contributed by atoms with E-state index in [4.69, 9.17) is 10.5 Å². The number of carbonyl (C=O) groups excluding carboxylic acids is 1. The van der Waals surface area contributed by atoms with Gasteiger partial charge in [-0.15, -0.1) is 0 Å². The Labute approximate surface area is 150 Å². The Morgan fingerprint density at radius 2 is 1.88 bits per heavy atom. The van der Waals surface area contributed by atoms with Gasteiger partial charge in [0.05, 0.1) is 18.1 Å². The van der Waals surface area contributed by atoms with Crippen molar-refractivity contribution in [2.75, 3.05) is 5.32 Å². The molecule has 0 bridgehead atoms. The van der Waals surface area contributed by atoms with Gasteiger partial charge < -0.3 is 15.8 Å². The number of hydrogen-bond acceptors (Lipinski definition) is 3. The Morgan fingerprint density at radius 3 is 2.50 bits per heavy atom. The third kappa shape index (κ3) is 5.49. The second-order valence-electron chi connectivity index (χ2n) is 6.12. The second-order valence-corrected chi connectivity index (χ2v) is 6.12.